The van der Waals surface area contributed by atoms with E-state index < -0.39 is 46.1 Å². The summed E-state index contributed by atoms with van der Waals surface area (Å²) in [7, 11) is -2.01. The van der Waals surface area contributed by atoms with E-state index in [9.17, 15) is 33.4 Å². The fourth-order valence-electron chi connectivity index (χ4n) is 1.58. The standard InChI is InChI=1S/C13H17BF3NO5/c1-11(2,19)12(3,4)23-14(20)9-7-8(13(15,16)17)5-6-10(9)18(21)22/h5-7,19-20H,1-4H3. The second kappa shape index (κ2) is 6.10. The first kappa shape index (κ1) is 19.4. The molecule has 0 saturated carbocycles. The summed E-state index contributed by atoms with van der Waals surface area (Å²) in [4.78, 5) is 10.0. The van der Waals surface area contributed by atoms with Crippen molar-refractivity contribution in [3.63, 3.8) is 0 Å². The quantitative estimate of drug-likeness (QED) is 0.487. The van der Waals surface area contributed by atoms with Crippen molar-refractivity contribution in [2.24, 2.45) is 0 Å². The van der Waals surface area contributed by atoms with Gasteiger partial charge in [-0.2, -0.15) is 13.2 Å². The van der Waals surface area contributed by atoms with Crippen LogP contribution < -0.4 is 5.46 Å². The molecule has 10 heteroatoms. The summed E-state index contributed by atoms with van der Waals surface area (Å²) in [6.07, 6.45) is -4.73. The first-order chi connectivity index (χ1) is 10.2. The highest BCUT2D eigenvalue weighted by Crippen LogP contribution is 2.30. The highest BCUT2D eigenvalue weighted by molar-refractivity contribution is 6.61. The zero-order valence-electron chi connectivity index (χ0n) is 13.0. The lowest BCUT2D eigenvalue weighted by atomic mass is 9.75. The van der Waals surface area contributed by atoms with Gasteiger partial charge in [0.1, 0.15) is 0 Å². The number of nitro groups is 1. The van der Waals surface area contributed by atoms with Crippen molar-refractivity contribution in [1.29, 1.82) is 0 Å². The number of hydrogen-bond acceptors (Lipinski definition) is 5. The van der Waals surface area contributed by atoms with E-state index in [1.807, 2.05) is 0 Å². The molecular formula is C13H17BF3NO5. The van der Waals surface area contributed by atoms with E-state index >= 15 is 0 Å². The van der Waals surface area contributed by atoms with Crippen LogP contribution in [0.15, 0.2) is 18.2 Å². The first-order valence-electron chi connectivity index (χ1n) is 6.60. The van der Waals surface area contributed by atoms with E-state index in [1.165, 1.54) is 27.7 Å². The van der Waals surface area contributed by atoms with E-state index in [0.29, 0.717) is 18.2 Å². The predicted octanol–water partition coefficient (Wildman–Crippen LogP) is 1.87. The van der Waals surface area contributed by atoms with E-state index in [1.54, 1.807) is 0 Å². The van der Waals surface area contributed by atoms with Crippen LogP contribution in [0.4, 0.5) is 18.9 Å². The number of benzene rings is 1. The molecule has 0 bridgehead atoms. The SMILES string of the molecule is CC(C)(O)C(C)(C)OB(O)c1cc(C(F)(F)F)ccc1[N+](=O)[O-]. The molecule has 23 heavy (non-hydrogen) atoms. The Morgan fingerprint density at radius 1 is 1.22 bits per heavy atom. The van der Waals surface area contributed by atoms with Gasteiger partial charge in [-0.25, -0.2) is 0 Å². The summed E-state index contributed by atoms with van der Waals surface area (Å²) in [6, 6.07) is 1.67. The average molecular weight is 335 g/mol. The van der Waals surface area contributed by atoms with Gasteiger partial charge in [-0.1, -0.05) is 0 Å². The Morgan fingerprint density at radius 3 is 2.13 bits per heavy atom. The average Bonchev–Trinajstić information content (AvgIpc) is 2.34. The summed E-state index contributed by atoms with van der Waals surface area (Å²) in [5.41, 5.74) is -5.33. The summed E-state index contributed by atoms with van der Waals surface area (Å²) in [5.74, 6) is 0. The van der Waals surface area contributed by atoms with Crippen molar-refractivity contribution in [3.8, 4) is 0 Å². The molecule has 1 aromatic rings. The van der Waals surface area contributed by atoms with Crippen molar-refractivity contribution in [2.45, 2.75) is 45.1 Å². The minimum Gasteiger partial charge on any atom is -0.423 e. The summed E-state index contributed by atoms with van der Waals surface area (Å²) in [5, 5.41) is 30.9. The van der Waals surface area contributed by atoms with Crippen LogP contribution in [-0.4, -0.2) is 33.4 Å². The molecule has 0 radical (unpaired) electrons. The zero-order valence-corrected chi connectivity index (χ0v) is 13.0. The lowest BCUT2D eigenvalue weighted by Gasteiger charge is -2.38. The minimum atomic E-state index is -4.73. The fraction of sp³-hybridized carbons (Fsp3) is 0.538. The first-order valence-corrected chi connectivity index (χ1v) is 6.60. The van der Waals surface area contributed by atoms with Gasteiger partial charge in [0.2, 0.25) is 0 Å². The molecule has 0 aromatic heterocycles. The van der Waals surface area contributed by atoms with Crippen molar-refractivity contribution in [2.75, 3.05) is 0 Å². The molecule has 1 aromatic carbocycles. The molecule has 0 saturated heterocycles. The highest BCUT2D eigenvalue weighted by atomic mass is 19.4. The maximum Gasteiger partial charge on any atom is 0.498 e. The number of nitro benzene ring substituents is 1. The Labute approximate surface area is 131 Å². The second-order valence-electron chi connectivity index (χ2n) is 6.07. The topological polar surface area (TPSA) is 92.8 Å². The van der Waals surface area contributed by atoms with E-state index in [-0.39, 0.29) is 0 Å². The van der Waals surface area contributed by atoms with Gasteiger partial charge in [0, 0.05) is 6.07 Å². The molecular weight excluding hydrogens is 318 g/mol. The van der Waals surface area contributed by atoms with Crippen LogP contribution in [0, 0.1) is 10.1 Å². The van der Waals surface area contributed by atoms with Crippen molar-refractivity contribution in [3.05, 3.63) is 33.9 Å². The lowest BCUT2D eigenvalue weighted by molar-refractivity contribution is -0.383. The number of nitrogens with zero attached hydrogens (tertiary/aromatic N) is 1. The van der Waals surface area contributed by atoms with Crippen LogP contribution >= 0.6 is 0 Å². The Balaban J connectivity index is 3.31. The van der Waals surface area contributed by atoms with Crippen LogP contribution in [0.25, 0.3) is 0 Å². The van der Waals surface area contributed by atoms with Gasteiger partial charge in [0.05, 0.1) is 27.2 Å². The van der Waals surface area contributed by atoms with Gasteiger partial charge < -0.3 is 14.8 Å². The second-order valence-corrected chi connectivity index (χ2v) is 6.07. The monoisotopic (exact) mass is 335 g/mol. The molecule has 6 nitrogen and oxygen atoms in total. The smallest absolute Gasteiger partial charge is 0.423 e. The van der Waals surface area contributed by atoms with Crippen molar-refractivity contribution < 1.29 is 32.9 Å². The Hall–Kier alpha value is -1.65. The molecule has 0 aliphatic carbocycles. The summed E-state index contributed by atoms with van der Waals surface area (Å²) in [6.45, 7) is 5.55. The normalized spacial score (nSPS) is 13.1. The summed E-state index contributed by atoms with van der Waals surface area (Å²) < 4.78 is 43.5. The molecule has 1 rings (SSSR count). The van der Waals surface area contributed by atoms with Crippen molar-refractivity contribution in [1.82, 2.24) is 0 Å². The Bertz CT molecular complexity index is 598. The number of aliphatic hydroxyl groups is 1. The van der Waals surface area contributed by atoms with Crippen LogP contribution in [-0.2, 0) is 10.8 Å². The number of hydrogen-bond donors (Lipinski definition) is 2. The van der Waals surface area contributed by atoms with Crippen LogP contribution in [0.2, 0.25) is 0 Å². The molecule has 2 N–H and O–H groups in total. The Morgan fingerprint density at radius 2 is 1.74 bits per heavy atom. The van der Waals surface area contributed by atoms with Crippen LogP contribution in [0.1, 0.15) is 33.3 Å². The molecule has 0 fully saturated rings. The molecule has 0 atom stereocenters. The number of rotatable bonds is 5. The third kappa shape index (κ3) is 4.43. The van der Waals surface area contributed by atoms with Crippen molar-refractivity contribution >= 4 is 18.3 Å². The number of alkyl halides is 3. The minimum absolute atomic E-state index is 0.462. The van der Waals surface area contributed by atoms with E-state index in [0.717, 1.165) is 0 Å². The molecule has 0 heterocycles. The zero-order chi connectivity index (χ0) is 18.2. The number of halogens is 3. The predicted molar refractivity (Wildman–Crippen MR) is 77.2 cm³/mol. The van der Waals surface area contributed by atoms with Crippen LogP contribution in [0.5, 0.6) is 0 Å². The lowest BCUT2D eigenvalue weighted by Crippen LogP contribution is -2.53. The van der Waals surface area contributed by atoms with E-state index in [4.69, 9.17) is 4.65 Å². The van der Waals surface area contributed by atoms with Gasteiger partial charge in [-0.15, -0.1) is 0 Å². The van der Waals surface area contributed by atoms with Crippen LogP contribution in [0.3, 0.4) is 0 Å². The molecule has 0 aliphatic heterocycles. The van der Waals surface area contributed by atoms with Gasteiger partial charge >= 0.3 is 13.3 Å². The van der Waals surface area contributed by atoms with Gasteiger partial charge in [0.25, 0.3) is 5.69 Å². The fourth-order valence-corrected chi connectivity index (χ4v) is 1.58. The maximum absolute atomic E-state index is 12.8. The highest BCUT2D eigenvalue weighted by Gasteiger charge is 2.42. The molecule has 0 amide bonds. The molecule has 0 aliphatic rings. The summed E-state index contributed by atoms with van der Waals surface area (Å²) >= 11 is 0. The molecule has 0 spiro atoms. The van der Waals surface area contributed by atoms with Gasteiger partial charge in [0.15, 0.2) is 0 Å². The largest absolute Gasteiger partial charge is 0.498 e. The maximum atomic E-state index is 12.8. The molecule has 0 unspecified atom stereocenters. The third-order valence-corrected chi connectivity index (χ3v) is 3.70. The molecule has 128 valence electrons. The van der Waals surface area contributed by atoms with Gasteiger partial charge in [-0.05, 0) is 39.8 Å². The third-order valence-electron chi connectivity index (χ3n) is 3.70. The Kier molecular flexibility index (Phi) is 5.15. The van der Waals surface area contributed by atoms with E-state index in [2.05, 4.69) is 0 Å². The van der Waals surface area contributed by atoms with Gasteiger partial charge in [-0.3, -0.25) is 10.1 Å².